The molecule has 0 aliphatic heterocycles. The van der Waals surface area contributed by atoms with Gasteiger partial charge >= 0.3 is 0 Å². The Balaban J connectivity index is 2.90. The van der Waals surface area contributed by atoms with Crippen LogP contribution in [0.15, 0.2) is 18.2 Å². The number of rotatable bonds is 8. The first kappa shape index (κ1) is 15.3. The van der Waals surface area contributed by atoms with Crippen LogP contribution in [-0.4, -0.2) is 18.0 Å². The van der Waals surface area contributed by atoms with Crippen molar-refractivity contribution in [3.05, 3.63) is 28.3 Å². The van der Waals surface area contributed by atoms with Crippen molar-refractivity contribution in [2.45, 2.75) is 39.5 Å². The maximum absolute atomic E-state index is 10.7. The number of hydrogen-bond acceptors (Lipinski definition) is 4. The van der Waals surface area contributed by atoms with Crippen LogP contribution < -0.4 is 10.6 Å². The lowest BCUT2D eigenvalue weighted by atomic mass is 10.2. The van der Waals surface area contributed by atoms with Gasteiger partial charge in [-0.3, -0.25) is 10.1 Å². The van der Waals surface area contributed by atoms with E-state index in [9.17, 15) is 10.1 Å². The van der Waals surface area contributed by atoms with E-state index in [1.54, 1.807) is 6.07 Å². The average molecular weight is 265 g/mol. The fraction of sp³-hybridized carbons (Fsp3) is 0.571. The van der Waals surface area contributed by atoms with Gasteiger partial charge < -0.3 is 10.6 Å². The third-order valence-corrected chi connectivity index (χ3v) is 3.13. The Labute approximate surface area is 114 Å². The van der Waals surface area contributed by atoms with Gasteiger partial charge in [-0.15, -0.1) is 0 Å². The van der Waals surface area contributed by atoms with E-state index in [2.05, 4.69) is 18.7 Å². The molecular formula is C14H23N3O2. The summed E-state index contributed by atoms with van der Waals surface area (Å²) in [7, 11) is 0. The number of nitrogens with two attached hydrogens (primary N) is 1. The average Bonchev–Trinajstić information content (AvgIpc) is 2.39. The molecular weight excluding hydrogens is 242 g/mol. The van der Waals surface area contributed by atoms with Crippen LogP contribution in [0, 0.1) is 10.1 Å². The van der Waals surface area contributed by atoms with Crippen molar-refractivity contribution in [3.63, 3.8) is 0 Å². The Morgan fingerprint density at radius 3 is 2.21 bits per heavy atom. The molecule has 0 aliphatic rings. The summed E-state index contributed by atoms with van der Waals surface area (Å²) in [5.41, 5.74) is 7.40. The van der Waals surface area contributed by atoms with Crippen LogP contribution in [-0.2, 0) is 0 Å². The number of nitro benzene ring substituents is 1. The molecule has 106 valence electrons. The van der Waals surface area contributed by atoms with Crippen LogP contribution in [0.5, 0.6) is 0 Å². The van der Waals surface area contributed by atoms with Crippen LogP contribution in [0.3, 0.4) is 0 Å². The molecule has 19 heavy (non-hydrogen) atoms. The second-order valence-electron chi connectivity index (χ2n) is 4.69. The van der Waals surface area contributed by atoms with Crippen LogP contribution >= 0.6 is 0 Å². The van der Waals surface area contributed by atoms with E-state index < -0.39 is 4.92 Å². The highest BCUT2D eigenvalue weighted by atomic mass is 16.6. The molecule has 0 amide bonds. The molecule has 0 saturated carbocycles. The van der Waals surface area contributed by atoms with E-state index in [0.717, 1.165) is 44.5 Å². The zero-order chi connectivity index (χ0) is 14.3. The Bertz CT molecular complexity index is 413. The van der Waals surface area contributed by atoms with Crippen molar-refractivity contribution < 1.29 is 4.92 Å². The van der Waals surface area contributed by atoms with Gasteiger partial charge in [0.15, 0.2) is 0 Å². The fourth-order valence-electron chi connectivity index (χ4n) is 1.99. The normalized spacial score (nSPS) is 10.4. The van der Waals surface area contributed by atoms with Crippen LogP contribution in [0.25, 0.3) is 0 Å². The number of nitrogen functional groups attached to an aromatic ring is 1. The summed E-state index contributed by atoms with van der Waals surface area (Å²) in [6.07, 6.45) is 4.44. The van der Waals surface area contributed by atoms with Gasteiger partial charge in [-0.2, -0.15) is 0 Å². The Morgan fingerprint density at radius 2 is 1.79 bits per heavy atom. The summed E-state index contributed by atoms with van der Waals surface area (Å²) in [5.74, 6) is 0. The number of nitro groups is 1. The first-order chi connectivity index (χ1) is 9.10. The van der Waals surface area contributed by atoms with Crippen molar-refractivity contribution in [1.29, 1.82) is 0 Å². The summed E-state index contributed by atoms with van der Waals surface area (Å²) in [6.45, 7) is 6.19. The number of non-ortho nitro benzene ring substituents is 1. The Kier molecular flexibility index (Phi) is 6.12. The summed E-state index contributed by atoms with van der Waals surface area (Å²) < 4.78 is 0. The van der Waals surface area contributed by atoms with Crippen molar-refractivity contribution in [2.75, 3.05) is 23.7 Å². The van der Waals surface area contributed by atoms with Crippen molar-refractivity contribution in [3.8, 4) is 0 Å². The second kappa shape index (κ2) is 7.61. The highest BCUT2D eigenvalue weighted by molar-refractivity contribution is 5.70. The molecule has 1 aromatic carbocycles. The first-order valence-corrected chi connectivity index (χ1v) is 6.89. The molecule has 5 nitrogen and oxygen atoms in total. The van der Waals surface area contributed by atoms with Gasteiger partial charge in [0.25, 0.3) is 5.69 Å². The van der Waals surface area contributed by atoms with E-state index in [-0.39, 0.29) is 5.69 Å². The number of benzene rings is 1. The lowest BCUT2D eigenvalue weighted by Gasteiger charge is -2.25. The highest BCUT2D eigenvalue weighted by Crippen LogP contribution is 2.28. The lowest BCUT2D eigenvalue weighted by Crippen LogP contribution is -2.26. The molecule has 2 N–H and O–H groups in total. The van der Waals surface area contributed by atoms with E-state index in [1.807, 2.05) is 0 Å². The van der Waals surface area contributed by atoms with Gasteiger partial charge in [-0.25, -0.2) is 0 Å². The Hall–Kier alpha value is -1.78. The molecule has 0 aliphatic carbocycles. The number of unbranched alkanes of at least 4 members (excludes halogenated alkanes) is 2. The quantitative estimate of drug-likeness (QED) is 0.443. The number of nitrogens with zero attached hydrogens (tertiary/aromatic N) is 2. The standard InChI is InChI=1S/C14H23N3O2/c1-3-5-9-16(10-6-4-2)14-8-7-12(17(18)19)11-13(14)15/h7-8,11H,3-6,9-10,15H2,1-2H3. The van der Waals surface area contributed by atoms with Crippen molar-refractivity contribution in [2.24, 2.45) is 0 Å². The zero-order valence-electron chi connectivity index (χ0n) is 11.8. The number of hydrogen-bond donors (Lipinski definition) is 1. The molecule has 0 aromatic heterocycles. The highest BCUT2D eigenvalue weighted by Gasteiger charge is 2.13. The second-order valence-corrected chi connectivity index (χ2v) is 4.69. The lowest BCUT2D eigenvalue weighted by molar-refractivity contribution is -0.384. The molecule has 0 atom stereocenters. The smallest absolute Gasteiger partial charge is 0.271 e. The molecule has 5 heteroatoms. The van der Waals surface area contributed by atoms with Crippen molar-refractivity contribution >= 4 is 17.1 Å². The summed E-state index contributed by atoms with van der Waals surface area (Å²) >= 11 is 0. The number of anilines is 2. The Morgan fingerprint density at radius 1 is 1.21 bits per heavy atom. The van der Waals surface area contributed by atoms with E-state index in [1.165, 1.54) is 12.1 Å². The van der Waals surface area contributed by atoms with Gasteiger partial charge in [0, 0.05) is 25.2 Å². The zero-order valence-corrected chi connectivity index (χ0v) is 11.8. The van der Waals surface area contributed by atoms with Gasteiger partial charge in [-0.1, -0.05) is 26.7 Å². The molecule has 0 fully saturated rings. The summed E-state index contributed by atoms with van der Waals surface area (Å²) in [6, 6.07) is 4.73. The fourth-order valence-corrected chi connectivity index (χ4v) is 1.99. The minimum absolute atomic E-state index is 0.0483. The maximum Gasteiger partial charge on any atom is 0.271 e. The SMILES string of the molecule is CCCCN(CCCC)c1ccc([N+](=O)[O-])cc1N. The molecule has 1 aromatic rings. The van der Waals surface area contributed by atoms with E-state index in [0.29, 0.717) is 5.69 Å². The molecule has 1 rings (SSSR count). The molecule has 0 heterocycles. The maximum atomic E-state index is 10.7. The third kappa shape index (κ3) is 4.43. The third-order valence-electron chi connectivity index (χ3n) is 3.13. The molecule has 0 radical (unpaired) electrons. The van der Waals surface area contributed by atoms with Gasteiger partial charge in [0.2, 0.25) is 0 Å². The van der Waals surface area contributed by atoms with Gasteiger partial charge in [0.05, 0.1) is 16.3 Å². The molecule has 0 bridgehead atoms. The predicted octanol–water partition coefficient (Wildman–Crippen LogP) is 3.58. The van der Waals surface area contributed by atoms with E-state index in [4.69, 9.17) is 5.73 Å². The summed E-state index contributed by atoms with van der Waals surface area (Å²) in [4.78, 5) is 12.5. The summed E-state index contributed by atoms with van der Waals surface area (Å²) in [5, 5.41) is 10.7. The van der Waals surface area contributed by atoms with Crippen LogP contribution in [0.4, 0.5) is 17.1 Å². The van der Waals surface area contributed by atoms with E-state index >= 15 is 0 Å². The van der Waals surface area contributed by atoms with Crippen LogP contribution in [0.1, 0.15) is 39.5 Å². The molecule has 0 spiro atoms. The monoisotopic (exact) mass is 265 g/mol. The largest absolute Gasteiger partial charge is 0.397 e. The molecule has 0 saturated heterocycles. The van der Waals surface area contributed by atoms with Crippen molar-refractivity contribution in [1.82, 2.24) is 0 Å². The predicted molar refractivity (Wildman–Crippen MR) is 79.5 cm³/mol. The molecule has 0 unspecified atom stereocenters. The minimum atomic E-state index is -0.414. The topological polar surface area (TPSA) is 72.4 Å². The van der Waals surface area contributed by atoms with Gasteiger partial charge in [-0.05, 0) is 18.9 Å². The first-order valence-electron chi connectivity index (χ1n) is 6.89. The van der Waals surface area contributed by atoms with Gasteiger partial charge in [0.1, 0.15) is 0 Å². The van der Waals surface area contributed by atoms with Crippen LogP contribution in [0.2, 0.25) is 0 Å². The minimum Gasteiger partial charge on any atom is -0.397 e.